The summed E-state index contributed by atoms with van der Waals surface area (Å²) in [5.74, 6) is 0.698. The van der Waals surface area contributed by atoms with Crippen molar-refractivity contribution in [3.05, 3.63) is 34.9 Å². The van der Waals surface area contributed by atoms with Gasteiger partial charge in [0.1, 0.15) is 0 Å². The van der Waals surface area contributed by atoms with Crippen LogP contribution in [0.1, 0.15) is 64.2 Å². The molecule has 15 heavy (non-hydrogen) atoms. The molecule has 1 aromatic rings. The van der Waals surface area contributed by atoms with E-state index < -0.39 is 0 Å². The van der Waals surface area contributed by atoms with Crippen molar-refractivity contribution >= 4 is 0 Å². The van der Waals surface area contributed by atoms with E-state index >= 15 is 0 Å². The van der Waals surface area contributed by atoms with Crippen LogP contribution in [0.15, 0.2) is 18.2 Å². The molecule has 0 radical (unpaired) electrons. The molecule has 0 fully saturated rings. The second kappa shape index (κ2) is 8.52. The van der Waals surface area contributed by atoms with Gasteiger partial charge in [-0.2, -0.15) is 0 Å². The minimum Gasteiger partial charge on any atom is -0.0776 e. The van der Waals surface area contributed by atoms with Crippen molar-refractivity contribution in [2.45, 2.75) is 61.3 Å². The molecule has 0 heteroatoms. The average Bonchev–Trinajstić information content (AvgIpc) is 2.24. The maximum atomic E-state index is 2.31. The quantitative estimate of drug-likeness (QED) is 0.603. The lowest BCUT2D eigenvalue weighted by atomic mass is 9.95. The van der Waals surface area contributed by atoms with Gasteiger partial charge in [-0.3, -0.25) is 0 Å². The zero-order valence-corrected chi connectivity index (χ0v) is 10.5. The van der Waals surface area contributed by atoms with E-state index in [1.807, 2.05) is 13.8 Å². The summed E-state index contributed by atoms with van der Waals surface area (Å²) in [6.07, 6.45) is 1.22. The van der Waals surface area contributed by atoms with E-state index in [2.05, 4.69) is 45.9 Å². The Labute approximate surface area is 96.7 Å². The molecule has 0 saturated heterocycles. The maximum Gasteiger partial charge on any atom is -0.0193 e. The summed E-state index contributed by atoms with van der Waals surface area (Å²) in [7, 11) is 0. The van der Waals surface area contributed by atoms with Gasteiger partial charge in [0.05, 0.1) is 0 Å². The lowest BCUT2D eigenvalue weighted by Crippen LogP contribution is -1.92. The number of benzene rings is 1. The standard InChI is InChI=1S/C12H18.C2H6.CH4/c1-5-9(2)12-7-6-10(3)11(4)8-12;1-2;/h6-9H,5H2,1-4H3;1-2H3;1H4/t9-;;/m1../s1. The smallest absolute Gasteiger partial charge is 0.0193 e. The lowest BCUT2D eigenvalue weighted by Gasteiger charge is -2.10. The fourth-order valence-corrected chi connectivity index (χ4v) is 1.31. The van der Waals surface area contributed by atoms with Gasteiger partial charge < -0.3 is 0 Å². The summed E-state index contributed by atoms with van der Waals surface area (Å²) in [4.78, 5) is 0. The largest absolute Gasteiger partial charge is 0.0776 e. The van der Waals surface area contributed by atoms with Crippen LogP contribution in [0.3, 0.4) is 0 Å². The van der Waals surface area contributed by atoms with E-state index in [4.69, 9.17) is 0 Å². The van der Waals surface area contributed by atoms with Gasteiger partial charge in [-0.1, -0.05) is 53.3 Å². The summed E-state index contributed by atoms with van der Waals surface area (Å²) in [6.45, 7) is 12.9. The fourth-order valence-electron chi connectivity index (χ4n) is 1.31. The molecule has 0 heterocycles. The van der Waals surface area contributed by atoms with Crippen LogP contribution in [0.2, 0.25) is 0 Å². The van der Waals surface area contributed by atoms with Crippen LogP contribution in [-0.4, -0.2) is 0 Å². The first-order chi connectivity index (χ1) is 6.65. The van der Waals surface area contributed by atoms with Crippen LogP contribution in [0, 0.1) is 13.8 Å². The van der Waals surface area contributed by atoms with Gasteiger partial charge in [0.2, 0.25) is 0 Å². The Balaban J connectivity index is 0. The summed E-state index contributed by atoms with van der Waals surface area (Å²) in [6, 6.07) is 6.77. The Morgan fingerprint density at radius 1 is 1.07 bits per heavy atom. The SMILES string of the molecule is C.CC.CC[C@@H](C)c1ccc(C)c(C)c1. The number of hydrogen-bond donors (Lipinski definition) is 0. The van der Waals surface area contributed by atoms with Crippen molar-refractivity contribution in [1.82, 2.24) is 0 Å². The third-order valence-corrected chi connectivity index (χ3v) is 2.71. The van der Waals surface area contributed by atoms with Gasteiger partial charge >= 0.3 is 0 Å². The topological polar surface area (TPSA) is 0 Å². The van der Waals surface area contributed by atoms with E-state index in [1.165, 1.54) is 23.1 Å². The van der Waals surface area contributed by atoms with E-state index in [1.54, 1.807) is 0 Å². The lowest BCUT2D eigenvalue weighted by molar-refractivity contribution is 0.732. The predicted octanol–water partition coefficient (Wildman–Crippen LogP) is 5.48. The minimum absolute atomic E-state index is 0. The summed E-state index contributed by atoms with van der Waals surface area (Å²) >= 11 is 0. The van der Waals surface area contributed by atoms with Crippen LogP contribution in [0.4, 0.5) is 0 Å². The van der Waals surface area contributed by atoms with Crippen molar-refractivity contribution < 1.29 is 0 Å². The van der Waals surface area contributed by atoms with E-state index in [0.717, 1.165) is 0 Å². The molecule has 88 valence electrons. The van der Waals surface area contributed by atoms with Gasteiger partial charge in [0.25, 0.3) is 0 Å². The maximum absolute atomic E-state index is 2.31. The Bertz CT molecular complexity index is 261. The van der Waals surface area contributed by atoms with Crippen molar-refractivity contribution in [2.75, 3.05) is 0 Å². The van der Waals surface area contributed by atoms with Crippen LogP contribution >= 0.6 is 0 Å². The molecule has 0 nitrogen and oxygen atoms in total. The Morgan fingerprint density at radius 2 is 1.60 bits per heavy atom. The Kier molecular flexibility index (Phi) is 9.46. The molecule has 1 rings (SSSR count). The predicted molar refractivity (Wildman–Crippen MR) is 72.7 cm³/mol. The molecular weight excluding hydrogens is 180 g/mol. The molecule has 0 aliphatic rings. The molecule has 0 spiro atoms. The summed E-state index contributed by atoms with van der Waals surface area (Å²) in [5.41, 5.74) is 4.27. The van der Waals surface area contributed by atoms with Crippen molar-refractivity contribution in [1.29, 1.82) is 0 Å². The van der Waals surface area contributed by atoms with E-state index in [9.17, 15) is 0 Å². The normalized spacial score (nSPS) is 10.8. The highest BCUT2D eigenvalue weighted by atomic mass is 14.1. The number of rotatable bonds is 2. The third-order valence-electron chi connectivity index (χ3n) is 2.71. The monoisotopic (exact) mass is 208 g/mol. The molecule has 1 atom stereocenters. The van der Waals surface area contributed by atoms with Gasteiger partial charge in [-0.05, 0) is 42.9 Å². The van der Waals surface area contributed by atoms with Gasteiger partial charge in [0.15, 0.2) is 0 Å². The van der Waals surface area contributed by atoms with E-state index in [0.29, 0.717) is 5.92 Å². The summed E-state index contributed by atoms with van der Waals surface area (Å²) in [5, 5.41) is 0. The molecule has 0 saturated carbocycles. The molecule has 1 aromatic carbocycles. The molecule has 0 aliphatic carbocycles. The highest BCUT2D eigenvalue weighted by Gasteiger charge is 2.02. The van der Waals surface area contributed by atoms with E-state index in [-0.39, 0.29) is 7.43 Å². The van der Waals surface area contributed by atoms with Crippen molar-refractivity contribution in [3.63, 3.8) is 0 Å². The molecule has 0 N–H and O–H groups in total. The molecule has 0 unspecified atom stereocenters. The van der Waals surface area contributed by atoms with Crippen LogP contribution < -0.4 is 0 Å². The highest BCUT2D eigenvalue weighted by Crippen LogP contribution is 2.20. The average molecular weight is 208 g/mol. The van der Waals surface area contributed by atoms with Crippen molar-refractivity contribution in [3.8, 4) is 0 Å². The second-order valence-corrected chi connectivity index (χ2v) is 3.65. The third kappa shape index (κ3) is 5.01. The van der Waals surface area contributed by atoms with Gasteiger partial charge in [0, 0.05) is 0 Å². The molecule has 0 aliphatic heterocycles. The first-order valence-corrected chi connectivity index (χ1v) is 5.72. The zero-order chi connectivity index (χ0) is 11.1. The number of hydrogen-bond acceptors (Lipinski definition) is 0. The van der Waals surface area contributed by atoms with Gasteiger partial charge in [-0.25, -0.2) is 0 Å². The summed E-state index contributed by atoms with van der Waals surface area (Å²) < 4.78 is 0. The molecule has 0 aromatic heterocycles. The fraction of sp³-hybridized carbons (Fsp3) is 0.600. The van der Waals surface area contributed by atoms with Gasteiger partial charge in [-0.15, -0.1) is 0 Å². The minimum atomic E-state index is 0. The Morgan fingerprint density at radius 3 is 2.00 bits per heavy atom. The highest BCUT2D eigenvalue weighted by molar-refractivity contribution is 5.31. The molecule has 0 amide bonds. The molecule has 0 bridgehead atoms. The zero-order valence-electron chi connectivity index (χ0n) is 10.5. The first-order valence-electron chi connectivity index (χ1n) is 5.72. The Hall–Kier alpha value is -0.780. The number of aryl methyl sites for hydroxylation is 2. The first kappa shape index (κ1) is 16.6. The van der Waals surface area contributed by atoms with Crippen LogP contribution in [-0.2, 0) is 0 Å². The van der Waals surface area contributed by atoms with Crippen LogP contribution in [0.25, 0.3) is 0 Å². The second-order valence-electron chi connectivity index (χ2n) is 3.65. The van der Waals surface area contributed by atoms with Crippen LogP contribution in [0.5, 0.6) is 0 Å². The van der Waals surface area contributed by atoms with Crippen molar-refractivity contribution in [2.24, 2.45) is 0 Å². The molecular formula is C15H28.